The maximum atomic E-state index is 6.98. The molecule has 0 atom stereocenters. The molecule has 0 unspecified atom stereocenters. The van der Waals surface area contributed by atoms with E-state index in [1.54, 1.807) is 19.2 Å². The summed E-state index contributed by atoms with van der Waals surface area (Å²) < 4.78 is 15.1. The predicted octanol–water partition coefficient (Wildman–Crippen LogP) is 2.26. The highest BCUT2D eigenvalue weighted by molar-refractivity contribution is 5.69. The van der Waals surface area contributed by atoms with Gasteiger partial charge in [0.1, 0.15) is 17.2 Å². The van der Waals surface area contributed by atoms with Gasteiger partial charge in [0.25, 0.3) is 5.69 Å². The van der Waals surface area contributed by atoms with Gasteiger partial charge in [-0.1, -0.05) is 0 Å². The first-order valence-electron chi connectivity index (χ1n) is 3.94. The van der Waals surface area contributed by atoms with Gasteiger partial charge >= 0.3 is 0 Å². The van der Waals surface area contributed by atoms with E-state index < -0.39 is 0 Å². The summed E-state index contributed by atoms with van der Waals surface area (Å²) in [7, 11) is 4.55. The molecule has 0 spiro atoms. The molecule has 4 nitrogen and oxygen atoms in total. The van der Waals surface area contributed by atoms with Crippen molar-refractivity contribution in [3.05, 3.63) is 23.5 Å². The monoisotopic (exact) mass is 192 g/mol. The van der Waals surface area contributed by atoms with E-state index in [0.717, 1.165) is 0 Å². The second kappa shape index (κ2) is 4.38. The summed E-state index contributed by atoms with van der Waals surface area (Å²) in [5, 5.41) is 0. The third-order valence-corrected chi connectivity index (χ3v) is 1.80. The molecule has 0 N–H and O–H groups in total. The average molecular weight is 192 g/mol. The van der Waals surface area contributed by atoms with Crippen molar-refractivity contribution in [1.29, 1.82) is 0 Å². The molecule has 0 saturated heterocycles. The summed E-state index contributed by atoms with van der Waals surface area (Å²) in [5.41, 5.74) is 0.357. The summed E-state index contributed by atoms with van der Waals surface area (Å²) in [5.74, 6) is 1.51. The highest BCUT2D eigenvalue weighted by Crippen LogP contribution is 2.40. The Morgan fingerprint density at radius 3 is 1.79 bits per heavy atom. The molecule has 0 saturated carbocycles. The molecular weight excluding hydrogens is 181 g/mol. The molecule has 1 aromatic carbocycles. The Morgan fingerprint density at radius 2 is 1.50 bits per heavy atom. The summed E-state index contributed by atoms with van der Waals surface area (Å²) in [6.45, 7) is 6.98. The van der Waals surface area contributed by atoms with Crippen molar-refractivity contribution in [3.63, 3.8) is 0 Å². The van der Waals surface area contributed by atoms with Crippen molar-refractivity contribution < 1.29 is 14.2 Å². The number of ether oxygens (including phenoxy) is 3. The van der Waals surface area contributed by atoms with Gasteiger partial charge in [0.15, 0.2) is 0 Å². The van der Waals surface area contributed by atoms with Crippen LogP contribution in [0.2, 0.25) is 0 Å². The van der Waals surface area contributed by atoms with Crippen LogP contribution in [0.15, 0.2) is 12.1 Å². The largest absolute Gasteiger partial charge is 0.507 e. The van der Waals surface area contributed by atoms with E-state index in [0.29, 0.717) is 22.9 Å². The molecule has 0 fully saturated rings. The van der Waals surface area contributed by atoms with Crippen molar-refractivity contribution in [1.82, 2.24) is 0 Å². The third kappa shape index (κ3) is 1.72. The van der Waals surface area contributed by atoms with Crippen LogP contribution in [0.1, 0.15) is 0 Å². The van der Waals surface area contributed by atoms with Crippen molar-refractivity contribution in [2.75, 3.05) is 21.3 Å². The lowest BCUT2D eigenvalue weighted by molar-refractivity contribution is 0.379. The van der Waals surface area contributed by atoms with Gasteiger partial charge < -0.3 is 14.2 Å². The third-order valence-electron chi connectivity index (χ3n) is 1.80. The van der Waals surface area contributed by atoms with Gasteiger partial charge in [-0.3, -0.25) is 0 Å². The maximum Gasteiger partial charge on any atom is 0.269 e. The van der Waals surface area contributed by atoms with Gasteiger partial charge in [-0.05, 0) is 0 Å². The number of nitrogens with zero attached hydrogens (tertiary/aromatic N) is 1. The van der Waals surface area contributed by atoms with Crippen LogP contribution in [-0.2, 0) is 0 Å². The molecule has 74 valence electrons. The minimum absolute atomic E-state index is 0.357. The molecule has 0 aliphatic carbocycles. The lowest BCUT2D eigenvalue weighted by Crippen LogP contribution is -1.90. The van der Waals surface area contributed by atoms with Crippen LogP contribution >= 0.6 is 0 Å². The first kappa shape index (κ1) is 10.2. The maximum absolute atomic E-state index is 6.98. The zero-order chi connectivity index (χ0) is 10.6. The van der Waals surface area contributed by atoms with E-state index >= 15 is 0 Å². The van der Waals surface area contributed by atoms with E-state index in [1.807, 2.05) is 0 Å². The molecule has 0 radical (unpaired) electrons. The lowest BCUT2D eigenvalue weighted by Gasteiger charge is -2.10. The molecular formula is C10H11NO3. The fraction of sp³-hybridized carbons (Fsp3) is 0.300. The molecule has 1 rings (SSSR count). The molecule has 1 aromatic rings. The summed E-state index contributed by atoms with van der Waals surface area (Å²) in [6, 6.07) is 3.30. The van der Waals surface area contributed by atoms with Crippen LogP contribution in [0.5, 0.6) is 17.2 Å². The number of methoxy groups -OCH3 is 3. The quantitative estimate of drug-likeness (QED) is 0.688. The minimum Gasteiger partial charge on any atom is -0.507 e. The van der Waals surface area contributed by atoms with E-state index in [-0.39, 0.29) is 0 Å². The predicted molar refractivity (Wildman–Crippen MR) is 52.4 cm³/mol. The Kier molecular flexibility index (Phi) is 3.19. The zero-order valence-corrected chi connectivity index (χ0v) is 8.33. The Labute approximate surface area is 82.8 Å². The van der Waals surface area contributed by atoms with Gasteiger partial charge in [-0.15, -0.1) is 0 Å². The Bertz CT molecular complexity index is 343. The van der Waals surface area contributed by atoms with Gasteiger partial charge in [0.2, 0.25) is 0 Å². The van der Waals surface area contributed by atoms with E-state index in [9.17, 15) is 0 Å². The Morgan fingerprint density at radius 1 is 1.00 bits per heavy atom. The summed E-state index contributed by atoms with van der Waals surface area (Å²) in [6.07, 6.45) is 0. The Balaban J connectivity index is 3.34. The fourth-order valence-electron chi connectivity index (χ4n) is 1.10. The zero-order valence-electron chi connectivity index (χ0n) is 8.33. The number of rotatable bonds is 3. The van der Waals surface area contributed by atoms with Gasteiger partial charge in [0.05, 0.1) is 27.9 Å². The van der Waals surface area contributed by atoms with Crippen LogP contribution in [0, 0.1) is 6.57 Å². The van der Waals surface area contributed by atoms with E-state index in [1.165, 1.54) is 14.2 Å². The SMILES string of the molecule is COc1cc(OC)c([N+]#[11C-])c(OC)c1. The molecule has 4 heteroatoms. The number of benzene rings is 1. The van der Waals surface area contributed by atoms with Gasteiger partial charge in [-0.2, -0.15) is 0 Å². The van der Waals surface area contributed by atoms with Crippen LogP contribution in [0.4, 0.5) is 5.69 Å². The summed E-state index contributed by atoms with van der Waals surface area (Å²) >= 11 is 0. The summed E-state index contributed by atoms with van der Waals surface area (Å²) in [4.78, 5) is 3.33. The Hall–Kier alpha value is -1.89. The van der Waals surface area contributed by atoms with E-state index in [4.69, 9.17) is 20.8 Å². The number of hydrogen-bond donors (Lipinski definition) is 0. The lowest BCUT2D eigenvalue weighted by atomic mass is 10.2. The molecule has 0 aliphatic rings. The van der Waals surface area contributed by atoms with Crippen molar-refractivity contribution in [2.24, 2.45) is 0 Å². The molecule has 14 heavy (non-hydrogen) atoms. The second-order valence-electron chi connectivity index (χ2n) is 2.49. The van der Waals surface area contributed by atoms with Crippen molar-refractivity contribution in [3.8, 4) is 17.2 Å². The average Bonchev–Trinajstić information content (AvgIpc) is 2.26. The van der Waals surface area contributed by atoms with E-state index in [2.05, 4.69) is 4.85 Å². The van der Waals surface area contributed by atoms with Crippen LogP contribution < -0.4 is 14.2 Å². The van der Waals surface area contributed by atoms with Gasteiger partial charge in [0, 0.05) is 12.1 Å². The first-order chi connectivity index (χ1) is 6.76. The topological polar surface area (TPSA) is 32.0 Å². The fourth-order valence-corrected chi connectivity index (χ4v) is 1.10. The molecule has 0 bridgehead atoms. The number of hydrogen-bond acceptors (Lipinski definition) is 3. The second-order valence-corrected chi connectivity index (χ2v) is 2.49. The van der Waals surface area contributed by atoms with Crippen molar-refractivity contribution in [2.45, 2.75) is 0 Å². The first-order valence-corrected chi connectivity index (χ1v) is 3.94. The molecule has 0 heterocycles. The minimum atomic E-state index is 0.357. The smallest absolute Gasteiger partial charge is 0.269 e. The molecule has 0 aromatic heterocycles. The normalized spacial score (nSPS) is 9.00. The molecule has 0 amide bonds. The highest BCUT2D eigenvalue weighted by Gasteiger charge is 2.12. The van der Waals surface area contributed by atoms with Crippen LogP contribution in [0.3, 0.4) is 0 Å². The van der Waals surface area contributed by atoms with Crippen LogP contribution in [0.25, 0.3) is 4.85 Å². The van der Waals surface area contributed by atoms with Crippen LogP contribution in [-0.4, -0.2) is 21.3 Å². The molecule has 0 aliphatic heterocycles. The van der Waals surface area contributed by atoms with Gasteiger partial charge in [-0.25, -0.2) is 4.85 Å². The van der Waals surface area contributed by atoms with Crippen molar-refractivity contribution >= 4 is 5.69 Å². The highest BCUT2D eigenvalue weighted by atomic mass is 16.5. The standard InChI is InChI=1S/C10H11NO3/c1-11-10-8(13-3)5-7(12-2)6-9(10)14-4/h5-6H,2-4H3/i1-1.